The summed E-state index contributed by atoms with van der Waals surface area (Å²) >= 11 is 0. The van der Waals surface area contributed by atoms with Gasteiger partial charge in [-0.15, -0.1) is 0 Å². The fourth-order valence-corrected chi connectivity index (χ4v) is 0.598. The van der Waals surface area contributed by atoms with E-state index >= 15 is 0 Å². The first-order valence-electron chi connectivity index (χ1n) is 3.44. The molecule has 0 aliphatic carbocycles. The summed E-state index contributed by atoms with van der Waals surface area (Å²) in [6.45, 7) is 4.01. The molecule has 0 saturated carbocycles. The molecule has 0 aromatic rings. The van der Waals surface area contributed by atoms with Crippen LogP contribution in [0.1, 0.15) is 20.3 Å². The maximum absolute atomic E-state index is 10.8. The van der Waals surface area contributed by atoms with Crippen LogP contribution < -0.4 is 0 Å². The summed E-state index contributed by atoms with van der Waals surface area (Å²) < 4.78 is 4.52. The summed E-state index contributed by atoms with van der Waals surface area (Å²) in [4.78, 5) is 12.4. The summed E-state index contributed by atoms with van der Waals surface area (Å²) in [5.74, 6) is 0. The topological polar surface area (TPSA) is 29.5 Å². The fourth-order valence-electron chi connectivity index (χ4n) is 0.598. The largest absolute Gasteiger partial charge is 0.453 e. The van der Waals surface area contributed by atoms with Gasteiger partial charge in [-0.1, -0.05) is 6.92 Å². The van der Waals surface area contributed by atoms with Crippen molar-refractivity contribution >= 4 is 6.09 Å². The summed E-state index contributed by atoms with van der Waals surface area (Å²) in [5, 5.41) is 0. The Morgan fingerprint density at radius 3 is 2.50 bits per heavy atom. The molecule has 10 heavy (non-hydrogen) atoms. The highest BCUT2D eigenvalue weighted by Crippen LogP contribution is 2.00. The van der Waals surface area contributed by atoms with Crippen LogP contribution in [-0.4, -0.2) is 31.2 Å². The van der Waals surface area contributed by atoms with Crippen molar-refractivity contribution in [2.45, 2.75) is 26.3 Å². The van der Waals surface area contributed by atoms with Gasteiger partial charge in [-0.05, 0) is 13.3 Å². The molecule has 0 aromatic heterocycles. The van der Waals surface area contributed by atoms with Crippen molar-refractivity contribution in [3.8, 4) is 0 Å². The molecule has 0 fully saturated rings. The van der Waals surface area contributed by atoms with Crippen LogP contribution in [0.25, 0.3) is 0 Å². The number of carbonyl (C=O) groups is 1. The summed E-state index contributed by atoms with van der Waals surface area (Å²) in [5.41, 5.74) is 0. The lowest BCUT2D eigenvalue weighted by Gasteiger charge is -2.21. The lowest BCUT2D eigenvalue weighted by molar-refractivity contribution is 0.119. The second kappa shape index (κ2) is 4.14. The van der Waals surface area contributed by atoms with Crippen LogP contribution in [0, 0.1) is 0 Å². The average Bonchev–Trinajstić information content (AvgIpc) is 2.00. The van der Waals surface area contributed by atoms with Gasteiger partial charge < -0.3 is 9.64 Å². The molecule has 0 saturated heterocycles. The van der Waals surface area contributed by atoms with E-state index in [2.05, 4.69) is 4.74 Å². The Labute approximate surface area is 62.0 Å². The van der Waals surface area contributed by atoms with Gasteiger partial charge in [0, 0.05) is 13.1 Å². The van der Waals surface area contributed by atoms with Crippen LogP contribution in [0.3, 0.4) is 0 Å². The highest BCUT2D eigenvalue weighted by atomic mass is 16.5. The SMILES string of the molecule is CC[C@H](C)N(C)C(=O)OC. The molecule has 1 amide bonds. The van der Waals surface area contributed by atoms with Gasteiger partial charge in [0.15, 0.2) is 0 Å². The Balaban J connectivity index is 3.81. The van der Waals surface area contributed by atoms with E-state index in [-0.39, 0.29) is 12.1 Å². The van der Waals surface area contributed by atoms with Gasteiger partial charge in [-0.3, -0.25) is 0 Å². The van der Waals surface area contributed by atoms with Gasteiger partial charge >= 0.3 is 6.09 Å². The molecule has 0 aromatic carbocycles. The van der Waals surface area contributed by atoms with Crippen molar-refractivity contribution in [1.82, 2.24) is 4.90 Å². The molecule has 1 atom stereocenters. The summed E-state index contributed by atoms with van der Waals surface area (Å²) in [7, 11) is 3.13. The second-order valence-electron chi connectivity index (χ2n) is 2.34. The Morgan fingerprint density at radius 1 is 1.70 bits per heavy atom. The molecule has 0 spiro atoms. The minimum atomic E-state index is -0.269. The molecule has 0 radical (unpaired) electrons. The molecule has 0 unspecified atom stereocenters. The molecule has 3 heteroatoms. The van der Waals surface area contributed by atoms with Crippen LogP contribution in [0.15, 0.2) is 0 Å². The highest BCUT2D eigenvalue weighted by Gasteiger charge is 2.12. The van der Waals surface area contributed by atoms with Crippen molar-refractivity contribution in [1.29, 1.82) is 0 Å². The zero-order valence-electron chi connectivity index (χ0n) is 7.05. The Bertz CT molecular complexity index is 114. The minimum absolute atomic E-state index is 0.257. The molecule has 60 valence electrons. The second-order valence-corrected chi connectivity index (χ2v) is 2.34. The smallest absolute Gasteiger partial charge is 0.409 e. The zero-order valence-corrected chi connectivity index (χ0v) is 7.05. The number of ether oxygens (including phenoxy) is 1. The first-order chi connectivity index (χ1) is 4.63. The summed E-state index contributed by atoms with van der Waals surface area (Å²) in [6.07, 6.45) is 0.681. The van der Waals surface area contributed by atoms with Gasteiger partial charge in [-0.25, -0.2) is 4.79 Å². The maximum Gasteiger partial charge on any atom is 0.409 e. The van der Waals surface area contributed by atoms with Gasteiger partial charge in [-0.2, -0.15) is 0 Å². The molecule has 3 nitrogen and oxygen atoms in total. The highest BCUT2D eigenvalue weighted by molar-refractivity contribution is 5.67. The monoisotopic (exact) mass is 145 g/mol. The van der Waals surface area contributed by atoms with E-state index < -0.39 is 0 Å². The Kier molecular flexibility index (Phi) is 3.84. The zero-order chi connectivity index (χ0) is 8.15. The van der Waals surface area contributed by atoms with Crippen LogP contribution in [0.4, 0.5) is 4.79 Å². The quantitative estimate of drug-likeness (QED) is 0.589. The predicted molar refractivity (Wildman–Crippen MR) is 39.9 cm³/mol. The standard InChI is InChI=1S/C7H15NO2/c1-5-6(2)8(3)7(9)10-4/h6H,5H2,1-4H3/t6-/m0/s1. The number of nitrogens with zero attached hydrogens (tertiary/aromatic N) is 1. The van der Waals surface area contributed by atoms with Crippen molar-refractivity contribution in [2.75, 3.05) is 14.2 Å². The fraction of sp³-hybridized carbons (Fsp3) is 0.857. The van der Waals surface area contributed by atoms with E-state index in [1.807, 2.05) is 13.8 Å². The predicted octanol–water partition coefficient (Wildman–Crippen LogP) is 1.48. The average molecular weight is 145 g/mol. The first kappa shape index (κ1) is 9.27. The van der Waals surface area contributed by atoms with Gasteiger partial charge in [0.2, 0.25) is 0 Å². The molecule has 0 bridgehead atoms. The number of rotatable bonds is 2. The molecule has 0 aliphatic heterocycles. The van der Waals surface area contributed by atoms with Crippen LogP contribution in [0.2, 0.25) is 0 Å². The number of carbonyl (C=O) groups excluding carboxylic acids is 1. The third kappa shape index (κ3) is 2.25. The van der Waals surface area contributed by atoms with E-state index in [0.29, 0.717) is 0 Å². The summed E-state index contributed by atoms with van der Waals surface area (Å²) in [6, 6.07) is 0.257. The normalized spacial score (nSPS) is 12.4. The minimum Gasteiger partial charge on any atom is -0.453 e. The van der Waals surface area contributed by atoms with E-state index in [9.17, 15) is 4.79 Å². The third-order valence-corrected chi connectivity index (χ3v) is 1.71. The third-order valence-electron chi connectivity index (χ3n) is 1.71. The molecule has 0 rings (SSSR count). The molecular formula is C7H15NO2. The van der Waals surface area contributed by atoms with Crippen molar-refractivity contribution in [2.24, 2.45) is 0 Å². The molecular weight excluding hydrogens is 130 g/mol. The van der Waals surface area contributed by atoms with Crippen LogP contribution >= 0.6 is 0 Å². The molecule has 0 N–H and O–H groups in total. The lowest BCUT2D eigenvalue weighted by Crippen LogP contribution is -2.34. The van der Waals surface area contributed by atoms with Gasteiger partial charge in [0.1, 0.15) is 0 Å². The van der Waals surface area contributed by atoms with Crippen LogP contribution in [0.5, 0.6) is 0 Å². The van der Waals surface area contributed by atoms with Crippen molar-refractivity contribution < 1.29 is 9.53 Å². The number of methoxy groups -OCH3 is 1. The lowest BCUT2D eigenvalue weighted by atomic mass is 10.2. The van der Waals surface area contributed by atoms with Crippen LogP contribution in [-0.2, 0) is 4.74 Å². The van der Waals surface area contributed by atoms with E-state index in [4.69, 9.17) is 0 Å². The van der Waals surface area contributed by atoms with Gasteiger partial charge in [0.05, 0.1) is 7.11 Å². The first-order valence-corrected chi connectivity index (χ1v) is 3.44. The van der Waals surface area contributed by atoms with E-state index in [0.717, 1.165) is 6.42 Å². The van der Waals surface area contributed by atoms with E-state index in [1.54, 1.807) is 11.9 Å². The number of hydrogen-bond acceptors (Lipinski definition) is 2. The molecule has 0 aliphatic rings. The Hall–Kier alpha value is -0.730. The molecule has 0 heterocycles. The number of amides is 1. The van der Waals surface area contributed by atoms with Crippen molar-refractivity contribution in [3.05, 3.63) is 0 Å². The van der Waals surface area contributed by atoms with E-state index in [1.165, 1.54) is 7.11 Å². The van der Waals surface area contributed by atoms with Crippen molar-refractivity contribution in [3.63, 3.8) is 0 Å². The van der Waals surface area contributed by atoms with Gasteiger partial charge in [0.25, 0.3) is 0 Å². The Morgan fingerprint density at radius 2 is 2.20 bits per heavy atom. The number of hydrogen-bond donors (Lipinski definition) is 0. The maximum atomic E-state index is 10.8.